The Bertz CT molecular complexity index is 1060. The van der Waals surface area contributed by atoms with Gasteiger partial charge in [0.05, 0.1) is 26.4 Å². The number of carbonyl (C=O) groups is 1. The summed E-state index contributed by atoms with van der Waals surface area (Å²) in [6, 6.07) is 0. The third-order valence-corrected chi connectivity index (χ3v) is 10.7. The van der Waals surface area contributed by atoms with Gasteiger partial charge in [0.15, 0.2) is 12.6 Å². The summed E-state index contributed by atoms with van der Waals surface area (Å²) in [7, 11) is 0. The Labute approximate surface area is 347 Å². The molecular weight excluding hydrogens is 752 g/mol. The number of carbonyl (C=O) groups excluding carboxylic acids is 1. The van der Waals surface area contributed by atoms with Gasteiger partial charge in [-0.3, -0.25) is 4.79 Å². The Hall–Kier alpha value is -1.53. The Balaban J connectivity index is 1.82. The number of ether oxygens (including phenoxy) is 6. The van der Waals surface area contributed by atoms with Crippen molar-refractivity contribution in [1.82, 2.24) is 0 Å². The summed E-state index contributed by atoms with van der Waals surface area (Å²) in [6.07, 6.45) is 15.4. The Morgan fingerprint density at radius 3 is 1.64 bits per heavy atom. The summed E-state index contributed by atoms with van der Waals surface area (Å²) in [5.41, 5.74) is 0. The molecule has 2 aliphatic rings. The van der Waals surface area contributed by atoms with Crippen LogP contribution in [0.25, 0.3) is 0 Å². The molecule has 2 heterocycles. The van der Waals surface area contributed by atoms with E-state index in [9.17, 15) is 40.5 Å². The summed E-state index contributed by atoms with van der Waals surface area (Å²) in [6.45, 7) is 3.56. The smallest absolute Gasteiger partial charge is 0.306 e. The molecule has 11 unspecified atom stereocenters. The van der Waals surface area contributed by atoms with Crippen molar-refractivity contribution in [2.24, 2.45) is 0 Å². The van der Waals surface area contributed by atoms with Crippen LogP contribution in [0.3, 0.4) is 0 Å². The van der Waals surface area contributed by atoms with Gasteiger partial charge in [0.1, 0.15) is 54.9 Å². The molecule has 2 aliphatic heterocycles. The first-order valence-corrected chi connectivity index (χ1v) is 22.4. The molecule has 11 atom stereocenters. The highest BCUT2D eigenvalue weighted by molar-refractivity contribution is 5.69. The van der Waals surface area contributed by atoms with Crippen LogP contribution in [0.4, 0.5) is 0 Å². The lowest BCUT2D eigenvalue weighted by Gasteiger charge is -2.42. The molecule has 58 heavy (non-hydrogen) atoms. The number of esters is 1. The molecule has 0 aromatic carbocycles. The largest absolute Gasteiger partial charge is 0.457 e. The number of hydrogen-bond acceptors (Lipinski definition) is 14. The highest BCUT2D eigenvalue weighted by Crippen LogP contribution is 2.26. The molecule has 2 fully saturated rings. The van der Waals surface area contributed by atoms with Crippen LogP contribution in [-0.2, 0) is 33.2 Å². The number of aliphatic hydroxyl groups is 7. The molecule has 2 rings (SSSR count). The van der Waals surface area contributed by atoms with Crippen LogP contribution < -0.4 is 0 Å². The van der Waals surface area contributed by atoms with Gasteiger partial charge in [-0.15, -0.1) is 0 Å². The number of aliphatic hydroxyl groups excluding tert-OH is 7. The number of unbranched alkanes of at least 4 members (excludes halogenated alkanes) is 16. The highest BCUT2D eigenvalue weighted by atomic mass is 16.7. The van der Waals surface area contributed by atoms with Crippen LogP contribution in [-0.4, -0.2) is 142 Å². The second kappa shape index (κ2) is 33.1. The van der Waals surface area contributed by atoms with E-state index in [4.69, 9.17) is 28.4 Å². The van der Waals surface area contributed by atoms with E-state index in [1.54, 1.807) is 0 Å². The number of hydrogen-bond donors (Lipinski definition) is 7. The molecule has 0 spiro atoms. The van der Waals surface area contributed by atoms with E-state index in [-0.39, 0.29) is 19.6 Å². The molecule has 0 bridgehead atoms. The summed E-state index contributed by atoms with van der Waals surface area (Å²) < 4.78 is 34.1. The monoisotopic (exact) mass is 833 g/mol. The third-order valence-electron chi connectivity index (χ3n) is 10.7. The van der Waals surface area contributed by atoms with Gasteiger partial charge < -0.3 is 64.2 Å². The molecule has 0 amide bonds. The van der Waals surface area contributed by atoms with Crippen LogP contribution in [0.5, 0.6) is 0 Å². The summed E-state index contributed by atoms with van der Waals surface area (Å²) in [5, 5.41) is 71.8. The Morgan fingerprint density at radius 1 is 0.552 bits per heavy atom. The first kappa shape index (κ1) is 52.6. The number of rotatable bonds is 34. The van der Waals surface area contributed by atoms with E-state index in [1.807, 2.05) is 0 Å². The molecule has 0 aromatic heterocycles. The van der Waals surface area contributed by atoms with Crippen molar-refractivity contribution >= 4 is 5.97 Å². The zero-order chi connectivity index (χ0) is 42.4. The Kier molecular flexibility index (Phi) is 30.1. The SMILES string of the molecule is CCC/C=C\CCCCCCCC(=O)OC(COCCCCCCCC/C=C\CCCCCC)COC1OC(COC2OC(CO)C(O)C(O)C2O)C(O)C(O)C1O. The molecule has 0 saturated carbocycles. The lowest BCUT2D eigenvalue weighted by Crippen LogP contribution is -2.61. The van der Waals surface area contributed by atoms with Crippen molar-refractivity contribution in [3.63, 3.8) is 0 Å². The summed E-state index contributed by atoms with van der Waals surface area (Å²) >= 11 is 0. The topological polar surface area (TPSA) is 214 Å². The van der Waals surface area contributed by atoms with Gasteiger partial charge in [0.2, 0.25) is 0 Å². The lowest BCUT2D eigenvalue weighted by atomic mass is 9.98. The maximum Gasteiger partial charge on any atom is 0.306 e. The molecular formula is C44H80O14. The van der Waals surface area contributed by atoms with Gasteiger partial charge in [-0.2, -0.15) is 0 Å². The minimum atomic E-state index is -1.71. The van der Waals surface area contributed by atoms with E-state index in [0.717, 1.165) is 70.6 Å². The Morgan fingerprint density at radius 2 is 1.05 bits per heavy atom. The molecule has 7 N–H and O–H groups in total. The normalized spacial score (nSPS) is 28.4. The maximum absolute atomic E-state index is 12.9. The average Bonchev–Trinajstić information content (AvgIpc) is 3.22. The van der Waals surface area contributed by atoms with Crippen LogP contribution in [0.1, 0.15) is 149 Å². The van der Waals surface area contributed by atoms with Gasteiger partial charge >= 0.3 is 5.97 Å². The lowest BCUT2D eigenvalue weighted by molar-refractivity contribution is -0.332. The molecule has 0 aliphatic carbocycles. The minimum Gasteiger partial charge on any atom is -0.457 e. The highest BCUT2D eigenvalue weighted by Gasteiger charge is 2.47. The summed E-state index contributed by atoms with van der Waals surface area (Å²) in [5.74, 6) is -0.391. The van der Waals surface area contributed by atoms with Gasteiger partial charge in [-0.1, -0.05) is 109 Å². The third kappa shape index (κ3) is 21.8. The van der Waals surface area contributed by atoms with Crippen molar-refractivity contribution in [1.29, 1.82) is 0 Å². The van der Waals surface area contributed by atoms with E-state index in [1.165, 1.54) is 51.4 Å². The van der Waals surface area contributed by atoms with Crippen molar-refractivity contribution in [3.8, 4) is 0 Å². The number of allylic oxidation sites excluding steroid dienone is 4. The molecule has 2 saturated heterocycles. The molecule has 0 aromatic rings. The van der Waals surface area contributed by atoms with Crippen molar-refractivity contribution in [2.45, 2.75) is 216 Å². The van der Waals surface area contributed by atoms with Crippen molar-refractivity contribution < 1.29 is 69.0 Å². The fourth-order valence-electron chi connectivity index (χ4n) is 6.93. The zero-order valence-electron chi connectivity index (χ0n) is 35.5. The van der Waals surface area contributed by atoms with Gasteiger partial charge in [0, 0.05) is 13.0 Å². The van der Waals surface area contributed by atoms with Crippen molar-refractivity contribution in [3.05, 3.63) is 24.3 Å². The van der Waals surface area contributed by atoms with E-state index >= 15 is 0 Å². The first-order valence-electron chi connectivity index (χ1n) is 22.4. The quantitative estimate of drug-likeness (QED) is 0.0261. The van der Waals surface area contributed by atoms with E-state index < -0.39 is 86.7 Å². The van der Waals surface area contributed by atoms with Crippen LogP contribution in [0, 0.1) is 0 Å². The fraction of sp³-hybridized carbons (Fsp3) is 0.886. The van der Waals surface area contributed by atoms with Crippen LogP contribution in [0.15, 0.2) is 24.3 Å². The molecule has 14 heteroatoms. The molecule has 14 nitrogen and oxygen atoms in total. The molecule has 340 valence electrons. The predicted molar refractivity (Wildman–Crippen MR) is 220 cm³/mol. The van der Waals surface area contributed by atoms with E-state index in [2.05, 4.69) is 38.2 Å². The van der Waals surface area contributed by atoms with Crippen molar-refractivity contribution in [2.75, 3.05) is 33.0 Å². The second-order valence-electron chi connectivity index (χ2n) is 15.9. The summed E-state index contributed by atoms with van der Waals surface area (Å²) in [4.78, 5) is 12.9. The van der Waals surface area contributed by atoms with Crippen LogP contribution in [0.2, 0.25) is 0 Å². The predicted octanol–water partition coefficient (Wildman–Crippen LogP) is 4.90. The standard InChI is InChI=1S/C44H80O14/c1-3-5-7-9-11-13-15-16-17-18-20-22-24-26-28-53-30-33(56-36(46)27-25-23-21-19-14-12-10-8-6-4-2)31-54-43-42(52)40(50)38(48)35(58-43)32-55-44-41(51)39(49)37(47)34(29-45)57-44/h8,10,13,15,33-35,37-45,47-52H,3-7,9,11-12,14,16-32H2,1-2H3/b10-8-,15-13-. The van der Waals surface area contributed by atoms with Gasteiger partial charge in [-0.25, -0.2) is 0 Å². The van der Waals surface area contributed by atoms with Crippen LogP contribution >= 0.6 is 0 Å². The maximum atomic E-state index is 12.9. The van der Waals surface area contributed by atoms with E-state index in [0.29, 0.717) is 13.0 Å². The van der Waals surface area contributed by atoms with Gasteiger partial charge in [-0.05, 0) is 57.8 Å². The average molecular weight is 833 g/mol. The second-order valence-corrected chi connectivity index (χ2v) is 15.9. The first-order chi connectivity index (χ1) is 28.1. The minimum absolute atomic E-state index is 0.0553. The molecule has 0 radical (unpaired) electrons. The zero-order valence-corrected chi connectivity index (χ0v) is 35.5. The fourth-order valence-corrected chi connectivity index (χ4v) is 6.93. The van der Waals surface area contributed by atoms with Gasteiger partial charge in [0.25, 0.3) is 0 Å².